The summed E-state index contributed by atoms with van der Waals surface area (Å²) in [6.45, 7) is 3.01. The van der Waals surface area contributed by atoms with Gasteiger partial charge in [-0.15, -0.1) is 0 Å². The maximum atomic E-state index is 13.9. The molecule has 1 rings (SSSR count). The summed E-state index contributed by atoms with van der Waals surface area (Å²) in [5.74, 6) is -0.838. The SMILES string of the molecule is CCCCNC(N)=NCC(c1c(F)cccc1F)N(C)C. The molecule has 1 atom stereocenters. The van der Waals surface area contributed by atoms with Gasteiger partial charge in [-0.1, -0.05) is 19.4 Å². The highest BCUT2D eigenvalue weighted by Crippen LogP contribution is 2.24. The van der Waals surface area contributed by atoms with Gasteiger partial charge in [0.2, 0.25) is 0 Å². The van der Waals surface area contributed by atoms with Gasteiger partial charge in [-0.25, -0.2) is 8.78 Å². The summed E-state index contributed by atoms with van der Waals surface area (Å²) >= 11 is 0. The highest BCUT2D eigenvalue weighted by atomic mass is 19.1. The third-order valence-electron chi connectivity index (χ3n) is 3.23. The fourth-order valence-corrected chi connectivity index (χ4v) is 1.98. The Hall–Kier alpha value is -1.69. The zero-order chi connectivity index (χ0) is 15.8. The molecule has 6 heteroatoms. The Morgan fingerprint density at radius 3 is 2.48 bits per heavy atom. The van der Waals surface area contributed by atoms with Crippen molar-refractivity contribution in [2.24, 2.45) is 10.7 Å². The minimum Gasteiger partial charge on any atom is -0.370 e. The molecule has 4 nitrogen and oxygen atoms in total. The molecular formula is C15H24F2N4. The molecule has 0 fully saturated rings. The van der Waals surface area contributed by atoms with Crippen LogP contribution in [0.15, 0.2) is 23.2 Å². The lowest BCUT2D eigenvalue weighted by Gasteiger charge is -2.24. The number of hydrogen-bond donors (Lipinski definition) is 2. The lowest BCUT2D eigenvalue weighted by Crippen LogP contribution is -2.34. The number of halogens is 2. The molecule has 0 amide bonds. The first-order chi connectivity index (χ1) is 9.97. The van der Waals surface area contributed by atoms with Crippen molar-refractivity contribution in [1.82, 2.24) is 10.2 Å². The third kappa shape index (κ3) is 5.30. The van der Waals surface area contributed by atoms with Crippen LogP contribution in [-0.4, -0.2) is 38.0 Å². The Morgan fingerprint density at radius 2 is 1.95 bits per heavy atom. The summed E-state index contributed by atoms with van der Waals surface area (Å²) in [4.78, 5) is 5.91. The van der Waals surface area contributed by atoms with Gasteiger partial charge in [0.25, 0.3) is 0 Å². The monoisotopic (exact) mass is 298 g/mol. The van der Waals surface area contributed by atoms with E-state index >= 15 is 0 Å². The number of rotatable bonds is 7. The molecule has 0 bridgehead atoms. The summed E-state index contributed by atoms with van der Waals surface area (Å²) in [6.07, 6.45) is 2.05. The van der Waals surface area contributed by atoms with Crippen LogP contribution in [0.5, 0.6) is 0 Å². The topological polar surface area (TPSA) is 53.6 Å². The van der Waals surface area contributed by atoms with Gasteiger partial charge in [0.15, 0.2) is 5.96 Å². The van der Waals surface area contributed by atoms with Crippen LogP contribution in [0.2, 0.25) is 0 Å². The summed E-state index contributed by atoms with van der Waals surface area (Å²) < 4.78 is 27.7. The number of guanidine groups is 1. The molecule has 0 aromatic heterocycles. The number of nitrogens with one attached hydrogen (secondary N) is 1. The van der Waals surface area contributed by atoms with Crippen LogP contribution in [0, 0.1) is 11.6 Å². The Bertz CT molecular complexity index is 454. The number of likely N-dealkylation sites (N-methyl/N-ethyl adjacent to an activating group) is 1. The van der Waals surface area contributed by atoms with E-state index in [2.05, 4.69) is 17.2 Å². The molecule has 1 aromatic carbocycles. The van der Waals surface area contributed by atoms with Crippen molar-refractivity contribution in [2.45, 2.75) is 25.8 Å². The molecule has 1 aromatic rings. The highest BCUT2D eigenvalue weighted by Gasteiger charge is 2.21. The van der Waals surface area contributed by atoms with Crippen LogP contribution in [-0.2, 0) is 0 Å². The van der Waals surface area contributed by atoms with Gasteiger partial charge >= 0.3 is 0 Å². The molecule has 0 saturated heterocycles. The highest BCUT2D eigenvalue weighted by molar-refractivity contribution is 5.77. The predicted molar refractivity (Wildman–Crippen MR) is 82.2 cm³/mol. The molecule has 0 radical (unpaired) electrons. The Balaban J connectivity index is 2.82. The van der Waals surface area contributed by atoms with E-state index in [0.717, 1.165) is 19.4 Å². The van der Waals surface area contributed by atoms with Crippen molar-refractivity contribution < 1.29 is 8.78 Å². The molecule has 0 heterocycles. The summed E-state index contributed by atoms with van der Waals surface area (Å²) in [5.41, 5.74) is 5.77. The molecule has 0 saturated carbocycles. The number of nitrogens with two attached hydrogens (primary N) is 1. The first-order valence-corrected chi connectivity index (χ1v) is 7.11. The molecule has 118 valence electrons. The summed E-state index contributed by atoms with van der Waals surface area (Å²) in [7, 11) is 3.51. The molecule has 1 unspecified atom stereocenters. The van der Waals surface area contributed by atoms with Crippen LogP contribution in [0.25, 0.3) is 0 Å². The van der Waals surface area contributed by atoms with Crippen LogP contribution >= 0.6 is 0 Å². The average Bonchev–Trinajstić information content (AvgIpc) is 2.41. The van der Waals surface area contributed by atoms with Gasteiger partial charge in [0.05, 0.1) is 12.6 Å². The van der Waals surface area contributed by atoms with E-state index in [1.807, 2.05) is 0 Å². The van der Waals surface area contributed by atoms with Crippen LogP contribution in [0.3, 0.4) is 0 Å². The fraction of sp³-hybridized carbons (Fsp3) is 0.533. The molecule has 21 heavy (non-hydrogen) atoms. The van der Waals surface area contributed by atoms with E-state index in [4.69, 9.17) is 5.73 Å². The van der Waals surface area contributed by atoms with E-state index in [1.54, 1.807) is 19.0 Å². The summed E-state index contributed by atoms with van der Waals surface area (Å²) in [6, 6.07) is 3.35. The van der Waals surface area contributed by atoms with Crippen molar-refractivity contribution in [2.75, 3.05) is 27.2 Å². The number of benzene rings is 1. The normalized spacial score (nSPS) is 13.5. The third-order valence-corrected chi connectivity index (χ3v) is 3.23. The Labute approximate surface area is 125 Å². The number of hydrogen-bond acceptors (Lipinski definition) is 2. The van der Waals surface area contributed by atoms with E-state index in [0.29, 0.717) is 5.96 Å². The fourth-order valence-electron chi connectivity index (χ4n) is 1.98. The Morgan fingerprint density at radius 1 is 1.33 bits per heavy atom. The maximum absolute atomic E-state index is 13.9. The van der Waals surface area contributed by atoms with Crippen molar-refractivity contribution >= 4 is 5.96 Å². The van der Waals surface area contributed by atoms with Crippen molar-refractivity contribution in [1.29, 1.82) is 0 Å². The lowest BCUT2D eigenvalue weighted by molar-refractivity contribution is 0.290. The quantitative estimate of drug-likeness (QED) is 0.461. The number of unbranched alkanes of at least 4 members (excludes halogenated alkanes) is 1. The average molecular weight is 298 g/mol. The smallest absolute Gasteiger partial charge is 0.188 e. The zero-order valence-corrected chi connectivity index (χ0v) is 12.9. The van der Waals surface area contributed by atoms with Gasteiger partial charge in [-0.3, -0.25) is 4.99 Å². The van der Waals surface area contributed by atoms with Crippen LogP contribution in [0.4, 0.5) is 8.78 Å². The lowest BCUT2D eigenvalue weighted by atomic mass is 10.0. The molecule has 0 spiro atoms. The van der Waals surface area contributed by atoms with Gasteiger partial charge < -0.3 is 16.0 Å². The number of aliphatic imine (C=N–C) groups is 1. The number of nitrogens with zero attached hydrogens (tertiary/aromatic N) is 2. The largest absolute Gasteiger partial charge is 0.370 e. The minimum absolute atomic E-state index is 0.0209. The van der Waals surface area contributed by atoms with Crippen LogP contribution in [0.1, 0.15) is 31.4 Å². The van der Waals surface area contributed by atoms with E-state index in [9.17, 15) is 8.78 Å². The van der Waals surface area contributed by atoms with Gasteiger partial charge in [0.1, 0.15) is 11.6 Å². The molecular weight excluding hydrogens is 274 g/mol. The van der Waals surface area contributed by atoms with Gasteiger partial charge in [0, 0.05) is 12.1 Å². The second-order valence-electron chi connectivity index (χ2n) is 5.12. The Kier molecular flexibility index (Phi) is 7.08. The first kappa shape index (κ1) is 17.4. The first-order valence-electron chi connectivity index (χ1n) is 7.11. The predicted octanol–water partition coefficient (Wildman–Crippen LogP) is 2.27. The molecule has 0 aliphatic carbocycles. The van der Waals surface area contributed by atoms with Crippen molar-refractivity contribution in [3.63, 3.8) is 0 Å². The van der Waals surface area contributed by atoms with E-state index < -0.39 is 17.7 Å². The van der Waals surface area contributed by atoms with E-state index in [1.165, 1.54) is 18.2 Å². The molecule has 3 N–H and O–H groups in total. The van der Waals surface area contributed by atoms with E-state index in [-0.39, 0.29) is 12.1 Å². The molecule has 0 aliphatic heterocycles. The second kappa shape index (κ2) is 8.56. The zero-order valence-electron chi connectivity index (χ0n) is 12.9. The van der Waals surface area contributed by atoms with Crippen molar-refractivity contribution in [3.05, 3.63) is 35.4 Å². The molecule has 0 aliphatic rings. The van der Waals surface area contributed by atoms with Gasteiger partial charge in [-0.05, 0) is 32.6 Å². The summed E-state index contributed by atoms with van der Waals surface area (Å²) in [5, 5.41) is 2.98. The van der Waals surface area contributed by atoms with Crippen molar-refractivity contribution in [3.8, 4) is 0 Å². The van der Waals surface area contributed by atoms with Crippen LogP contribution < -0.4 is 11.1 Å². The minimum atomic E-state index is -0.568. The second-order valence-corrected chi connectivity index (χ2v) is 5.12. The maximum Gasteiger partial charge on any atom is 0.188 e. The van der Waals surface area contributed by atoms with Gasteiger partial charge in [-0.2, -0.15) is 0 Å². The standard InChI is InChI=1S/C15H24F2N4/c1-4-5-9-19-15(18)20-10-13(21(2)3)14-11(16)7-6-8-12(14)17/h6-8,13H,4-5,9-10H2,1-3H3,(H3,18,19,20).